The van der Waals surface area contributed by atoms with Crippen molar-refractivity contribution in [3.63, 3.8) is 0 Å². The number of carboxylic acid groups (broad SMARTS) is 1. The second kappa shape index (κ2) is 5.55. The summed E-state index contributed by atoms with van der Waals surface area (Å²) in [4.78, 5) is 13.8. The van der Waals surface area contributed by atoms with E-state index in [1.54, 1.807) is 0 Å². The van der Waals surface area contributed by atoms with Gasteiger partial charge in [0.05, 0.1) is 12.1 Å². The van der Waals surface area contributed by atoms with E-state index >= 15 is 0 Å². The zero-order valence-corrected chi connectivity index (χ0v) is 11.5. The van der Waals surface area contributed by atoms with E-state index in [0.29, 0.717) is 0 Å². The van der Waals surface area contributed by atoms with Crippen LogP contribution in [-0.2, 0) is 21.2 Å². The summed E-state index contributed by atoms with van der Waals surface area (Å²) in [5.41, 5.74) is 0.230. The summed E-state index contributed by atoms with van der Waals surface area (Å²) in [6.07, 6.45) is -0.308. The van der Waals surface area contributed by atoms with Gasteiger partial charge in [-0.1, -0.05) is 12.1 Å². The summed E-state index contributed by atoms with van der Waals surface area (Å²) >= 11 is 0.932. The topological polar surface area (TPSA) is 96.4 Å². The number of hydrogen-bond donors (Lipinski definition) is 2. The molecule has 2 aromatic rings. The summed E-state index contributed by atoms with van der Waals surface area (Å²) in [5, 5.41) is 10.0. The van der Waals surface area contributed by atoms with Crippen molar-refractivity contribution in [1.82, 2.24) is 4.98 Å². The third kappa shape index (κ3) is 3.31. The third-order valence-electron chi connectivity index (χ3n) is 2.23. The maximum absolute atomic E-state index is 13.5. The Labute approximate surface area is 118 Å². The number of nitrogens with zero attached hydrogens (tertiary/aromatic N) is 1. The first kappa shape index (κ1) is 14.4. The lowest BCUT2D eigenvalue weighted by atomic mass is 10.3. The number of thiazole rings is 1. The average Bonchev–Trinajstić information content (AvgIpc) is 2.75. The minimum Gasteiger partial charge on any atom is -0.481 e. The summed E-state index contributed by atoms with van der Waals surface area (Å²) < 4.78 is 39.5. The largest absolute Gasteiger partial charge is 0.481 e. The molecule has 0 unspecified atom stereocenters. The maximum Gasteiger partial charge on any atom is 0.309 e. The van der Waals surface area contributed by atoms with Gasteiger partial charge in [-0.15, -0.1) is 11.3 Å². The maximum atomic E-state index is 13.5. The Bertz CT molecular complexity index is 742. The molecule has 1 heterocycles. The fourth-order valence-corrected chi connectivity index (χ4v) is 3.47. The van der Waals surface area contributed by atoms with E-state index in [2.05, 4.69) is 9.71 Å². The molecule has 0 amide bonds. The Morgan fingerprint density at radius 3 is 2.75 bits per heavy atom. The fourth-order valence-electron chi connectivity index (χ4n) is 1.42. The van der Waals surface area contributed by atoms with E-state index in [0.717, 1.165) is 23.5 Å². The molecular weight excluding hydrogens is 307 g/mol. The van der Waals surface area contributed by atoms with Crippen LogP contribution in [0.3, 0.4) is 0 Å². The lowest BCUT2D eigenvalue weighted by Crippen LogP contribution is -2.14. The molecule has 106 valence electrons. The Hall–Kier alpha value is -2.00. The fraction of sp³-hybridized carbons (Fsp3) is 0.0909. The first-order valence-corrected chi connectivity index (χ1v) is 7.68. The van der Waals surface area contributed by atoms with Crippen LogP contribution in [0, 0.1) is 5.82 Å². The quantitative estimate of drug-likeness (QED) is 0.875. The predicted molar refractivity (Wildman–Crippen MR) is 70.7 cm³/mol. The molecular formula is C11H9FN2O4S2. The third-order valence-corrected chi connectivity index (χ3v) is 4.54. The van der Waals surface area contributed by atoms with Gasteiger partial charge >= 0.3 is 5.97 Å². The van der Waals surface area contributed by atoms with Gasteiger partial charge in [-0.2, -0.15) is 0 Å². The second-order valence-electron chi connectivity index (χ2n) is 3.75. The van der Waals surface area contributed by atoms with Gasteiger partial charge in [0, 0.05) is 5.38 Å². The smallest absolute Gasteiger partial charge is 0.309 e. The summed E-state index contributed by atoms with van der Waals surface area (Å²) in [7, 11) is -4.08. The standard InChI is InChI=1S/C11H9FN2O4S2/c12-8-3-1-2-4-9(8)20(17,18)14-11-13-7(6-19-11)5-10(15)16/h1-4,6H,5H2,(H,13,14)(H,15,16). The van der Waals surface area contributed by atoms with Crippen molar-refractivity contribution in [2.75, 3.05) is 4.72 Å². The van der Waals surface area contributed by atoms with Crippen molar-refractivity contribution in [2.24, 2.45) is 0 Å². The van der Waals surface area contributed by atoms with Gasteiger partial charge in [-0.05, 0) is 12.1 Å². The van der Waals surface area contributed by atoms with Crippen molar-refractivity contribution >= 4 is 32.5 Å². The summed E-state index contributed by atoms with van der Waals surface area (Å²) in [6.45, 7) is 0. The molecule has 0 saturated heterocycles. The Kier molecular flexibility index (Phi) is 4.00. The van der Waals surface area contributed by atoms with Crippen LogP contribution in [-0.4, -0.2) is 24.5 Å². The highest BCUT2D eigenvalue weighted by atomic mass is 32.2. The van der Waals surface area contributed by atoms with Gasteiger partial charge in [0.1, 0.15) is 10.7 Å². The van der Waals surface area contributed by atoms with Gasteiger partial charge in [0.25, 0.3) is 10.0 Å². The molecule has 1 aromatic heterocycles. The number of benzene rings is 1. The van der Waals surface area contributed by atoms with Crippen molar-refractivity contribution in [2.45, 2.75) is 11.3 Å². The molecule has 6 nitrogen and oxygen atoms in total. The first-order chi connectivity index (χ1) is 9.38. The lowest BCUT2D eigenvalue weighted by molar-refractivity contribution is -0.136. The Morgan fingerprint density at radius 2 is 2.10 bits per heavy atom. The molecule has 0 bridgehead atoms. The number of hydrogen-bond acceptors (Lipinski definition) is 5. The Morgan fingerprint density at radius 1 is 1.40 bits per heavy atom. The minimum absolute atomic E-state index is 0.00972. The molecule has 2 rings (SSSR count). The van der Waals surface area contributed by atoms with Crippen molar-refractivity contribution in [3.8, 4) is 0 Å². The normalized spacial score (nSPS) is 11.2. The highest BCUT2D eigenvalue weighted by Gasteiger charge is 2.20. The number of nitrogens with one attached hydrogen (secondary N) is 1. The molecule has 9 heteroatoms. The monoisotopic (exact) mass is 316 g/mol. The van der Waals surface area contributed by atoms with Crippen molar-refractivity contribution in [3.05, 3.63) is 41.2 Å². The van der Waals surface area contributed by atoms with Crippen LogP contribution in [0.15, 0.2) is 34.5 Å². The molecule has 0 aliphatic heterocycles. The number of carboxylic acids is 1. The van der Waals surface area contributed by atoms with Gasteiger partial charge in [0.2, 0.25) is 0 Å². The van der Waals surface area contributed by atoms with Crippen LogP contribution in [0.5, 0.6) is 0 Å². The molecule has 0 spiro atoms. The van der Waals surface area contributed by atoms with E-state index in [9.17, 15) is 17.6 Å². The van der Waals surface area contributed by atoms with Crippen LogP contribution < -0.4 is 4.72 Å². The van der Waals surface area contributed by atoms with Crippen LogP contribution in [0.25, 0.3) is 0 Å². The van der Waals surface area contributed by atoms with E-state index in [4.69, 9.17) is 5.11 Å². The van der Waals surface area contributed by atoms with E-state index in [-0.39, 0.29) is 17.2 Å². The number of carbonyl (C=O) groups is 1. The molecule has 0 saturated carbocycles. The average molecular weight is 316 g/mol. The van der Waals surface area contributed by atoms with E-state index < -0.39 is 26.7 Å². The number of halogens is 1. The molecule has 2 N–H and O–H groups in total. The molecule has 0 atom stereocenters. The second-order valence-corrected chi connectivity index (χ2v) is 6.26. The van der Waals surface area contributed by atoms with Crippen LogP contribution in [0.2, 0.25) is 0 Å². The summed E-state index contributed by atoms with van der Waals surface area (Å²) in [6, 6.07) is 4.94. The van der Waals surface area contributed by atoms with Crippen molar-refractivity contribution < 1.29 is 22.7 Å². The lowest BCUT2D eigenvalue weighted by Gasteiger charge is -2.05. The van der Waals surface area contributed by atoms with E-state index in [1.165, 1.54) is 17.5 Å². The molecule has 0 fully saturated rings. The minimum atomic E-state index is -4.08. The molecule has 20 heavy (non-hydrogen) atoms. The van der Waals surface area contributed by atoms with Gasteiger partial charge < -0.3 is 5.11 Å². The number of anilines is 1. The first-order valence-electron chi connectivity index (χ1n) is 5.32. The van der Waals surface area contributed by atoms with Crippen LogP contribution in [0.4, 0.5) is 9.52 Å². The van der Waals surface area contributed by atoms with E-state index in [1.807, 2.05) is 0 Å². The highest BCUT2D eigenvalue weighted by molar-refractivity contribution is 7.93. The highest BCUT2D eigenvalue weighted by Crippen LogP contribution is 2.21. The van der Waals surface area contributed by atoms with Crippen LogP contribution in [0.1, 0.15) is 5.69 Å². The Balaban J connectivity index is 2.23. The zero-order valence-electron chi connectivity index (χ0n) is 9.91. The van der Waals surface area contributed by atoms with Crippen molar-refractivity contribution in [1.29, 1.82) is 0 Å². The number of sulfonamides is 1. The number of aromatic nitrogens is 1. The van der Waals surface area contributed by atoms with Gasteiger partial charge in [-0.25, -0.2) is 17.8 Å². The van der Waals surface area contributed by atoms with Gasteiger partial charge in [0.15, 0.2) is 5.13 Å². The van der Waals surface area contributed by atoms with Crippen LogP contribution >= 0.6 is 11.3 Å². The van der Waals surface area contributed by atoms with Gasteiger partial charge in [-0.3, -0.25) is 9.52 Å². The molecule has 0 radical (unpaired) electrons. The SMILES string of the molecule is O=C(O)Cc1csc(NS(=O)(=O)c2ccccc2F)n1. The number of rotatable bonds is 5. The molecule has 0 aliphatic rings. The number of aliphatic carboxylic acids is 1. The molecule has 1 aromatic carbocycles. The summed E-state index contributed by atoms with van der Waals surface area (Å²) in [5.74, 6) is -1.94. The zero-order chi connectivity index (χ0) is 14.8. The predicted octanol–water partition coefficient (Wildman–Crippen LogP) is 1.71. The molecule has 0 aliphatic carbocycles.